The average Bonchev–Trinajstić information content (AvgIpc) is 2.28. The first-order valence-corrected chi connectivity index (χ1v) is 4.67. The first-order chi connectivity index (χ1) is 6.85. The number of nitriles is 2. The molecule has 0 aromatic heterocycles. The van der Waals surface area contributed by atoms with Gasteiger partial charge in [0.2, 0.25) is 0 Å². The van der Waals surface area contributed by atoms with Crippen LogP contribution in [0.5, 0.6) is 0 Å². The maximum absolute atomic E-state index is 8.29. The highest BCUT2D eigenvalue weighted by molar-refractivity contribution is 5.27. The Morgan fingerprint density at radius 2 is 1.79 bits per heavy atom. The summed E-state index contributed by atoms with van der Waals surface area (Å²) in [5.41, 5.74) is 0.715. The topological polar surface area (TPSA) is 47.6 Å². The van der Waals surface area contributed by atoms with Gasteiger partial charge in [0.05, 0.1) is 17.7 Å². The Balaban J connectivity index is 0.000000255. The van der Waals surface area contributed by atoms with E-state index < -0.39 is 0 Å². The van der Waals surface area contributed by atoms with Crippen molar-refractivity contribution in [2.75, 3.05) is 0 Å². The van der Waals surface area contributed by atoms with Crippen molar-refractivity contribution in [1.29, 1.82) is 10.5 Å². The van der Waals surface area contributed by atoms with Crippen LogP contribution < -0.4 is 0 Å². The van der Waals surface area contributed by atoms with E-state index in [9.17, 15) is 0 Å². The Morgan fingerprint density at radius 1 is 1.14 bits per heavy atom. The zero-order chi connectivity index (χ0) is 10.6. The second-order valence-electron chi connectivity index (χ2n) is 2.74. The molecule has 0 saturated carbocycles. The quantitative estimate of drug-likeness (QED) is 0.665. The molecule has 0 N–H and O–H groups in total. The largest absolute Gasteiger partial charge is 0.198 e. The van der Waals surface area contributed by atoms with Crippen LogP contribution in [0.4, 0.5) is 0 Å². The van der Waals surface area contributed by atoms with Crippen molar-refractivity contribution in [1.82, 2.24) is 0 Å². The number of hydrogen-bond acceptors (Lipinski definition) is 2. The van der Waals surface area contributed by atoms with Crippen LogP contribution in [0.2, 0.25) is 0 Å². The van der Waals surface area contributed by atoms with Crippen molar-refractivity contribution >= 4 is 0 Å². The minimum Gasteiger partial charge on any atom is -0.198 e. The molecule has 14 heavy (non-hydrogen) atoms. The van der Waals surface area contributed by atoms with Crippen LogP contribution in [0, 0.1) is 22.7 Å². The maximum atomic E-state index is 8.29. The lowest BCUT2D eigenvalue weighted by Gasteiger charge is -1.80. The number of rotatable bonds is 2. The second-order valence-corrected chi connectivity index (χ2v) is 2.74. The zero-order valence-electron chi connectivity index (χ0n) is 8.40. The van der Waals surface area contributed by atoms with Crippen LogP contribution in [-0.2, 0) is 0 Å². The average molecular weight is 186 g/mol. The van der Waals surface area contributed by atoms with Gasteiger partial charge in [0.1, 0.15) is 0 Å². The molecule has 1 rings (SSSR count). The first kappa shape index (κ1) is 12.2. The van der Waals surface area contributed by atoms with Gasteiger partial charge >= 0.3 is 0 Å². The Hall–Kier alpha value is -1.80. The molecule has 0 unspecified atom stereocenters. The minimum atomic E-state index is 0.715. The van der Waals surface area contributed by atoms with Gasteiger partial charge in [0, 0.05) is 6.42 Å². The SMILES string of the molecule is CCCCC#N.N#Cc1ccccc1. The Kier molecular flexibility index (Phi) is 8.09. The van der Waals surface area contributed by atoms with E-state index in [0.29, 0.717) is 5.56 Å². The highest BCUT2D eigenvalue weighted by atomic mass is 14.2. The van der Waals surface area contributed by atoms with Gasteiger partial charge in [0.25, 0.3) is 0 Å². The van der Waals surface area contributed by atoms with E-state index in [4.69, 9.17) is 10.5 Å². The van der Waals surface area contributed by atoms with E-state index in [1.165, 1.54) is 0 Å². The molecule has 0 spiro atoms. The van der Waals surface area contributed by atoms with E-state index in [1.807, 2.05) is 24.3 Å². The third-order valence-electron chi connectivity index (χ3n) is 1.55. The summed E-state index contributed by atoms with van der Waals surface area (Å²) in [4.78, 5) is 0. The number of benzene rings is 1. The van der Waals surface area contributed by atoms with E-state index in [1.54, 1.807) is 12.1 Å². The molecule has 72 valence electrons. The molecule has 1 aromatic rings. The van der Waals surface area contributed by atoms with E-state index in [0.717, 1.165) is 19.3 Å². The number of nitrogens with zero attached hydrogens (tertiary/aromatic N) is 2. The highest BCUT2D eigenvalue weighted by Gasteiger charge is 1.79. The van der Waals surface area contributed by atoms with Crippen LogP contribution in [0.25, 0.3) is 0 Å². The fourth-order valence-electron chi connectivity index (χ4n) is 0.769. The molecule has 0 fully saturated rings. The van der Waals surface area contributed by atoms with Gasteiger partial charge in [0.15, 0.2) is 0 Å². The van der Waals surface area contributed by atoms with Crippen LogP contribution in [0.15, 0.2) is 30.3 Å². The standard InChI is InChI=1S/C7H5N.C5H9N/c8-6-7-4-2-1-3-5-7;1-2-3-4-5-6/h1-5H;2-4H2,1H3. The third-order valence-corrected chi connectivity index (χ3v) is 1.55. The molecular weight excluding hydrogens is 172 g/mol. The number of hydrogen-bond donors (Lipinski definition) is 0. The summed E-state index contributed by atoms with van der Waals surface area (Å²) in [5, 5.41) is 16.2. The van der Waals surface area contributed by atoms with Gasteiger partial charge < -0.3 is 0 Å². The highest BCUT2D eigenvalue weighted by Crippen LogP contribution is 1.93. The lowest BCUT2D eigenvalue weighted by atomic mass is 10.2. The summed E-state index contributed by atoms with van der Waals surface area (Å²) in [7, 11) is 0. The summed E-state index contributed by atoms with van der Waals surface area (Å²) in [6, 6.07) is 13.2. The zero-order valence-corrected chi connectivity index (χ0v) is 8.40. The third kappa shape index (κ3) is 6.88. The smallest absolute Gasteiger partial charge is 0.0991 e. The van der Waals surface area contributed by atoms with Crippen LogP contribution in [0.3, 0.4) is 0 Å². The molecule has 2 heteroatoms. The van der Waals surface area contributed by atoms with Crippen molar-refractivity contribution in [3.05, 3.63) is 35.9 Å². The molecular formula is C12H14N2. The van der Waals surface area contributed by atoms with Crippen molar-refractivity contribution in [3.63, 3.8) is 0 Å². The maximum Gasteiger partial charge on any atom is 0.0991 e. The minimum absolute atomic E-state index is 0.715. The van der Waals surface area contributed by atoms with Gasteiger partial charge in [-0.3, -0.25) is 0 Å². The summed E-state index contributed by atoms with van der Waals surface area (Å²) in [6.07, 6.45) is 2.90. The van der Waals surface area contributed by atoms with Gasteiger partial charge in [-0.25, -0.2) is 0 Å². The van der Waals surface area contributed by atoms with Crippen molar-refractivity contribution < 1.29 is 0 Å². The fourth-order valence-corrected chi connectivity index (χ4v) is 0.769. The van der Waals surface area contributed by atoms with Gasteiger partial charge in [-0.05, 0) is 18.6 Å². The number of unbranched alkanes of at least 4 members (excludes halogenated alkanes) is 2. The van der Waals surface area contributed by atoms with Crippen molar-refractivity contribution in [2.24, 2.45) is 0 Å². The predicted octanol–water partition coefficient (Wildman–Crippen LogP) is 3.26. The molecule has 0 aliphatic carbocycles. The van der Waals surface area contributed by atoms with E-state index in [-0.39, 0.29) is 0 Å². The molecule has 1 aromatic carbocycles. The van der Waals surface area contributed by atoms with Crippen molar-refractivity contribution in [3.8, 4) is 12.1 Å². The Morgan fingerprint density at radius 3 is 2.07 bits per heavy atom. The normalized spacial score (nSPS) is 7.64. The van der Waals surface area contributed by atoms with Crippen LogP contribution >= 0.6 is 0 Å². The summed E-state index contributed by atoms with van der Waals surface area (Å²) < 4.78 is 0. The molecule has 0 amide bonds. The van der Waals surface area contributed by atoms with E-state index in [2.05, 4.69) is 13.0 Å². The van der Waals surface area contributed by atoms with Gasteiger partial charge in [-0.2, -0.15) is 10.5 Å². The summed E-state index contributed by atoms with van der Waals surface area (Å²) >= 11 is 0. The molecule has 0 atom stereocenters. The van der Waals surface area contributed by atoms with Crippen molar-refractivity contribution in [2.45, 2.75) is 26.2 Å². The van der Waals surface area contributed by atoms with Crippen LogP contribution in [0.1, 0.15) is 31.7 Å². The second kappa shape index (κ2) is 9.29. The Labute approximate surface area is 85.4 Å². The van der Waals surface area contributed by atoms with E-state index >= 15 is 0 Å². The van der Waals surface area contributed by atoms with Gasteiger partial charge in [-0.15, -0.1) is 0 Å². The molecule has 0 saturated heterocycles. The first-order valence-electron chi connectivity index (χ1n) is 4.67. The summed E-state index contributed by atoms with van der Waals surface area (Å²) in [6.45, 7) is 2.08. The molecule has 0 heterocycles. The lowest BCUT2D eigenvalue weighted by Crippen LogP contribution is -1.66. The lowest BCUT2D eigenvalue weighted by molar-refractivity contribution is 0.822. The monoisotopic (exact) mass is 186 g/mol. The fraction of sp³-hybridized carbons (Fsp3) is 0.333. The molecule has 0 aliphatic rings. The molecule has 0 aliphatic heterocycles. The molecule has 2 nitrogen and oxygen atoms in total. The van der Waals surface area contributed by atoms with Gasteiger partial charge in [-0.1, -0.05) is 31.5 Å². The molecule has 0 radical (unpaired) electrons. The summed E-state index contributed by atoms with van der Waals surface area (Å²) in [5.74, 6) is 0. The predicted molar refractivity (Wildman–Crippen MR) is 56.3 cm³/mol. The molecule has 0 bridgehead atoms. The van der Waals surface area contributed by atoms with Crippen LogP contribution in [-0.4, -0.2) is 0 Å². The Bertz CT molecular complexity index is 303.